The minimum Gasteiger partial charge on any atom is -0.493 e. The lowest BCUT2D eigenvalue weighted by Crippen LogP contribution is -2.37. The fourth-order valence-electron chi connectivity index (χ4n) is 4.09. The number of esters is 1. The number of anilines is 2. The minimum absolute atomic E-state index is 0.144. The number of benzene rings is 2. The Morgan fingerprint density at radius 1 is 1.21 bits per heavy atom. The van der Waals surface area contributed by atoms with Gasteiger partial charge >= 0.3 is 5.97 Å². The van der Waals surface area contributed by atoms with Crippen molar-refractivity contribution in [1.29, 1.82) is 0 Å². The van der Waals surface area contributed by atoms with Crippen LogP contribution >= 0.6 is 15.9 Å². The molecule has 1 saturated heterocycles. The highest BCUT2D eigenvalue weighted by atomic mass is 79.9. The van der Waals surface area contributed by atoms with Crippen molar-refractivity contribution in [2.75, 3.05) is 39.2 Å². The van der Waals surface area contributed by atoms with Crippen molar-refractivity contribution in [2.45, 2.75) is 25.3 Å². The first kappa shape index (κ1) is 23.3. The van der Waals surface area contributed by atoms with E-state index in [1.807, 2.05) is 36.4 Å². The van der Waals surface area contributed by atoms with Gasteiger partial charge in [-0.15, -0.1) is 0 Å². The first-order valence-corrected chi connectivity index (χ1v) is 11.7. The van der Waals surface area contributed by atoms with E-state index in [1.165, 1.54) is 13.4 Å². The van der Waals surface area contributed by atoms with Crippen molar-refractivity contribution in [3.63, 3.8) is 0 Å². The molecule has 33 heavy (non-hydrogen) atoms. The highest BCUT2D eigenvalue weighted by molar-refractivity contribution is 9.10. The molecule has 2 aromatic carbocycles. The van der Waals surface area contributed by atoms with Crippen molar-refractivity contribution in [2.24, 2.45) is 0 Å². The molecule has 0 spiro atoms. The van der Waals surface area contributed by atoms with Crippen LogP contribution in [0.2, 0.25) is 0 Å². The van der Waals surface area contributed by atoms with Crippen molar-refractivity contribution in [1.82, 2.24) is 14.9 Å². The molecule has 1 aliphatic heterocycles. The van der Waals surface area contributed by atoms with E-state index < -0.39 is 0 Å². The molecule has 1 fully saturated rings. The predicted molar refractivity (Wildman–Crippen MR) is 130 cm³/mol. The first-order valence-electron chi connectivity index (χ1n) is 10.9. The summed E-state index contributed by atoms with van der Waals surface area (Å²) < 4.78 is 17.5. The molecular formula is C24H27BrN4O4. The summed E-state index contributed by atoms with van der Waals surface area (Å²) in [6.45, 7) is 2.17. The van der Waals surface area contributed by atoms with E-state index in [9.17, 15) is 4.79 Å². The fourth-order valence-corrected chi connectivity index (χ4v) is 4.48. The fraction of sp³-hybridized carbons (Fsp3) is 0.375. The number of aromatic nitrogens is 2. The molecule has 1 aliphatic rings. The van der Waals surface area contributed by atoms with Gasteiger partial charge < -0.3 is 19.5 Å². The van der Waals surface area contributed by atoms with Crippen LogP contribution < -0.4 is 14.8 Å². The monoisotopic (exact) mass is 514 g/mol. The molecule has 9 heteroatoms. The zero-order valence-corrected chi connectivity index (χ0v) is 20.3. The molecule has 174 valence electrons. The lowest BCUT2D eigenvalue weighted by Gasteiger charge is -2.22. The predicted octanol–water partition coefficient (Wildman–Crippen LogP) is 4.55. The standard InChI is InChI=1S/C24H27BrN4O4/c1-31-21-14-19-18(23(27-15-26-19)28-17-7-3-6-16(25)12-17)13-22(21)33-11-5-10-29-9-4-8-20(29)24(30)32-2/h3,6-7,12-15,20H,4-5,8-11H2,1-2H3,(H,26,27,28). The Hall–Kier alpha value is -2.91. The third-order valence-electron chi connectivity index (χ3n) is 5.69. The molecule has 2 heterocycles. The number of nitrogens with zero attached hydrogens (tertiary/aromatic N) is 3. The van der Waals surface area contributed by atoms with Crippen molar-refractivity contribution >= 4 is 44.3 Å². The molecule has 0 aliphatic carbocycles. The number of likely N-dealkylation sites (tertiary alicyclic amines) is 1. The Balaban J connectivity index is 1.47. The van der Waals surface area contributed by atoms with Crippen LogP contribution in [0.4, 0.5) is 11.5 Å². The van der Waals surface area contributed by atoms with Gasteiger partial charge in [0.25, 0.3) is 0 Å². The van der Waals surface area contributed by atoms with Crippen LogP contribution in [-0.4, -0.2) is 60.8 Å². The number of carbonyl (C=O) groups is 1. The number of hydrogen-bond donors (Lipinski definition) is 1. The van der Waals surface area contributed by atoms with E-state index in [-0.39, 0.29) is 12.0 Å². The average Bonchev–Trinajstić information content (AvgIpc) is 3.30. The minimum atomic E-state index is -0.157. The zero-order valence-electron chi connectivity index (χ0n) is 18.7. The topological polar surface area (TPSA) is 85.8 Å². The van der Waals surface area contributed by atoms with Gasteiger partial charge in [0.15, 0.2) is 11.5 Å². The van der Waals surface area contributed by atoms with Gasteiger partial charge in [-0.1, -0.05) is 22.0 Å². The van der Waals surface area contributed by atoms with Gasteiger partial charge in [-0.3, -0.25) is 9.69 Å². The zero-order chi connectivity index (χ0) is 23.2. The maximum absolute atomic E-state index is 11.9. The molecule has 1 N–H and O–H groups in total. The third-order valence-corrected chi connectivity index (χ3v) is 6.19. The Kier molecular flexibility index (Phi) is 7.61. The first-order chi connectivity index (χ1) is 16.1. The Labute approximate surface area is 201 Å². The summed E-state index contributed by atoms with van der Waals surface area (Å²) in [5, 5.41) is 4.18. The van der Waals surface area contributed by atoms with E-state index in [1.54, 1.807) is 7.11 Å². The smallest absolute Gasteiger partial charge is 0.323 e. The van der Waals surface area contributed by atoms with E-state index in [0.29, 0.717) is 23.9 Å². The summed E-state index contributed by atoms with van der Waals surface area (Å²) in [6, 6.07) is 11.5. The van der Waals surface area contributed by atoms with E-state index in [4.69, 9.17) is 14.2 Å². The van der Waals surface area contributed by atoms with Crippen molar-refractivity contribution < 1.29 is 19.0 Å². The number of halogens is 1. The molecule has 4 rings (SSSR count). The second-order valence-electron chi connectivity index (χ2n) is 7.80. The Bertz CT molecular complexity index is 1130. The summed E-state index contributed by atoms with van der Waals surface area (Å²) >= 11 is 3.49. The van der Waals surface area contributed by atoms with Crippen LogP contribution in [0, 0.1) is 0 Å². The quantitative estimate of drug-likeness (QED) is 0.328. The van der Waals surface area contributed by atoms with Gasteiger partial charge in [0.05, 0.1) is 26.3 Å². The summed E-state index contributed by atoms with van der Waals surface area (Å²) in [5.74, 6) is 1.77. The van der Waals surface area contributed by atoms with Crippen molar-refractivity contribution in [3.05, 3.63) is 47.2 Å². The molecule has 8 nitrogen and oxygen atoms in total. The van der Waals surface area contributed by atoms with Gasteiger partial charge in [-0.2, -0.15) is 0 Å². The second-order valence-corrected chi connectivity index (χ2v) is 8.71. The summed E-state index contributed by atoms with van der Waals surface area (Å²) in [4.78, 5) is 22.9. The van der Waals surface area contributed by atoms with Gasteiger partial charge in [0.2, 0.25) is 0 Å². The van der Waals surface area contributed by atoms with Crippen LogP contribution in [-0.2, 0) is 9.53 Å². The molecule has 1 atom stereocenters. The molecule has 0 radical (unpaired) electrons. The molecule has 0 saturated carbocycles. The van der Waals surface area contributed by atoms with E-state index in [2.05, 4.69) is 36.1 Å². The SMILES string of the molecule is COC(=O)C1CCCN1CCCOc1cc2c(Nc3cccc(Br)c3)ncnc2cc1OC. The lowest BCUT2D eigenvalue weighted by molar-refractivity contribution is -0.145. The number of nitrogens with one attached hydrogen (secondary N) is 1. The number of hydrogen-bond acceptors (Lipinski definition) is 8. The normalized spacial score (nSPS) is 16.0. The average molecular weight is 515 g/mol. The Morgan fingerprint density at radius 2 is 2.09 bits per heavy atom. The summed E-state index contributed by atoms with van der Waals surface area (Å²) in [6.07, 6.45) is 4.16. The maximum Gasteiger partial charge on any atom is 0.323 e. The van der Waals surface area contributed by atoms with Gasteiger partial charge in [-0.25, -0.2) is 9.97 Å². The van der Waals surface area contributed by atoms with E-state index >= 15 is 0 Å². The third kappa shape index (κ3) is 5.54. The Morgan fingerprint density at radius 3 is 2.88 bits per heavy atom. The molecular weight excluding hydrogens is 488 g/mol. The van der Waals surface area contributed by atoms with Crippen LogP contribution in [0.3, 0.4) is 0 Å². The lowest BCUT2D eigenvalue weighted by atomic mass is 10.2. The second kappa shape index (κ2) is 10.8. The highest BCUT2D eigenvalue weighted by Gasteiger charge is 2.30. The maximum atomic E-state index is 11.9. The molecule has 0 amide bonds. The van der Waals surface area contributed by atoms with Crippen molar-refractivity contribution in [3.8, 4) is 11.5 Å². The molecule has 1 unspecified atom stereocenters. The summed E-state index contributed by atoms with van der Waals surface area (Å²) in [5.41, 5.74) is 1.66. The van der Waals surface area contributed by atoms with E-state index in [0.717, 1.165) is 53.4 Å². The molecule has 3 aromatic rings. The largest absolute Gasteiger partial charge is 0.493 e. The van der Waals surface area contributed by atoms with Gasteiger partial charge in [0.1, 0.15) is 18.2 Å². The number of carbonyl (C=O) groups excluding carboxylic acids is 1. The number of fused-ring (bicyclic) bond motifs is 1. The molecule has 1 aromatic heterocycles. The van der Waals surface area contributed by atoms with Crippen LogP contribution in [0.15, 0.2) is 47.2 Å². The van der Waals surface area contributed by atoms with Gasteiger partial charge in [0, 0.05) is 28.2 Å². The number of ether oxygens (including phenoxy) is 3. The van der Waals surface area contributed by atoms with Crippen LogP contribution in [0.1, 0.15) is 19.3 Å². The molecule has 0 bridgehead atoms. The summed E-state index contributed by atoms with van der Waals surface area (Å²) in [7, 11) is 3.05. The highest BCUT2D eigenvalue weighted by Crippen LogP contribution is 2.35. The van der Waals surface area contributed by atoms with Crippen LogP contribution in [0.5, 0.6) is 11.5 Å². The van der Waals surface area contributed by atoms with Gasteiger partial charge in [-0.05, 0) is 50.1 Å². The number of rotatable bonds is 9. The number of methoxy groups -OCH3 is 2. The van der Waals surface area contributed by atoms with Crippen LogP contribution in [0.25, 0.3) is 10.9 Å².